The fourth-order valence-corrected chi connectivity index (χ4v) is 4.06. The number of benzene rings is 2. The van der Waals surface area contributed by atoms with Gasteiger partial charge < -0.3 is 14.4 Å². The van der Waals surface area contributed by atoms with Crippen molar-refractivity contribution >= 4 is 40.0 Å². The van der Waals surface area contributed by atoms with Gasteiger partial charge in [0.15, 0.2) is 0 Å². The molecule has 0 spiro atoms. The molecule has 1 aliphatic heterocycles. The van der Waals surface area contributed by atoms with E-state index in [4.69, 9.17) is 32.7 Å². The third-order valence-electron chi connectivity index (χ3n) is 5.05. The van der Waals surface area contributed by atoms with Crippen molar-refractivity contribution in [2.75, 3.05) is 26.3 Å². The summed E-state index contributed by atoms with van der Waals surface area (Å²) in [7, 11) is 0. The molecule has 0 N–H and O–H groups in total. The second kappa shape index (κ2) is 9.60. The number of hydrogen-bond acceptors (Lipinski definition) is 5. The van der Waals surface area contributed by atoms with Crippen LogP contribution in [0.3, 0.4) is 0 Å². The molecule has 0 radical (unpaired) electrons. The molecule has 8 heteroatoms. The van der Waals surface area contributed by atoms with Gasteiger partial charge in [-0.2, -0.15) is 0 Å². The highest BCUT2D eigenvalue weighted by molar-refractivity contribution is 6.36. The average molecular weight is 446 g/mol. The summed E-state index contributed by atoms with van der Waals surface area (Å²) in [6.45, 7) is 1.80. The molecular weight excluding hydrogens is 425 g/mol. The van der Waals surface area contributed by atoms with Crippen LogP contribution < -0.4 is 4.74 Å². The van der Waals surface area contributed by atoms with Crippen LogP contribution in [0.2, 0.25) is 10.0 Å². The lowest BCUT2D eigenvalue weighted by atomic mass is 10.1. The van der Waals surface area contributed by atoms with Gasteiger partial charge in [-0.3, -0.25) is 4.79 Å². The molecular formula is C22H21Cl2N3O3. The van der Waals surface area contributed by atoms with E-state index in [2.05, 4.69) is 9.97 Å². The van der Waals surface area contributed by atoms with Crippen molar-refractivity contribution in [3.8, 4) is 5.88 Å². The molecule has 3 aromatic rings. The number of para-hydroxylation sites is 1. The third-order valence-corrected chi connectivity index (χ3v) is 5.76. The van der Waals surface area contributed by atoms with Crippen LogP contribution in [0.5, 0.6) is 5.88 Å². The summed E-state index contributed by atoms with van der Waals surface area (Å²) >= 11 is 12.4. The van der Waals surface area contributed by atoms with Gasteiger partial charge in [0.05, 0.1) is 24.1 Å². The van der Waals surface area contributed by atoms with Crippen LogP contribution in [0, 0.1) is 0 Å². The number of hydrogen-bond donors (Lipinski definition) is 0. The summed E-state index contributed by atoms with van der Waals surface area (Å²) in [5.41, 5.74) is 1.63. The Morgan fingerprint density at radius 1 is 1.13 bits per heavy atom. The van der Waals surface area contributed by atoms with Gasteiger partial charge in [0, 0.05) is 23.0 Å². The van der Waals surface area contributed by atoms with Crippen LogP contribution in [0.15, 0.2) is 48.8 Å². The number of amides is 1. The molecule has 4 rings (SSSR count). The summed E-state index contributed by atoms with van der Waals surface area (Å²) in [6, 6.07) is 13.0. The van der Waals surface area contributed by atoms with Crippen molar-refractivity contribution in [1.29, 1.82) is 0 Å². The monoisotopic (exact) mass is 445 g/mol. The molecule has 30 heavy (non-hydrogen) atoms. The van der Waals surface area contributed by atoms with Gasteiger partial charge in [-0.25, -0.2) is 9.97 Å². The number of aromatic nitrogens is 2. The van der Waals surface area contributed by atoms with Crippen molar-refractivity contribution in [3.63, 3.8) is 0 Å². The molecule has 1 amide bonds. The van der Waals surface area contributed by atoms with Gasteiger partial charge in [-0.15, -0.1) is 0 Å². The van der Waals surface area contributed by atoms with E-state index in [9.17, 15) is 4.79 Å². The summed E-state index contributed by atoms with van der Waals surface area (Å²) in [5.74, 6) is 0.563. The fourth-order valence-electron chi connectivity index (χ4n) is 3.47. The highest BCUT2D eigenvalue weighted by Crippen LogP contribution is 2.26. The van der Waals surface area contributed by atoms with Gasteiger partial charge in [0.25, 0.3) is 0 Å². The van der Waals surface area contributed by atoms with Crippen LogP contribution >= 0.6 is 23.2 Å². The fraction of sp³-hybridized carbons (Fsp3) is 0.318. The van der Waals surface area contributed by atoms with E-state index in [1.165, 1.54) is 6.33 Å². The lowest BCUT2D eigenvalue weighted by Gasteiger charge is -2.33. The topological polar surface area (TPSA) is 64.6 Å². The number of fused-ring (bicyclic) bond motifs is 1. The number of nitrogens with zero attached hydrogens (tertiary/aromatic N) is 3. The van der Waals surface area contributed by atoms with Crippen molar-refractivity contribution in [3.05, 3.63) is 64.4 Å². The zero-order chi connectivity index (χ0) is 20.9. The van der Waals surface area contributed by atoms with Crippen molar-refractivity contribution in [2.45, 2.75) is 18.9 Å². The van der Waals surface area contributed by atoms with Crippen LogP contribution in [-0.2, 0) is 16.0 Å². The molecule has 0 saturated carbocycles. The number of ether oxygens (including phenoxy) is 2. The van der Waals surface area contributed by atoms with E-state index >= 15 is 0 Å². The SMILES string of the molecule is O=C(CCc1c(Cl)cccc1Cl)N1CCOC(COc2ncnc3ccccc23)C1. The van der Waals surface area contributed by atoms with E-state index < -0.39 is 0 Å². The molecule has 1 aromatic heterocycles. The number of morpholine rings is 1. The number of carbonyl (C=O) groups is 1. The summed E-state index contributed by atoms with van der Waals surface area (Å²) < 4.78 is 11.7. The zero-order valence-corrected chi connectivity index (χ0v) is 17.8. The Kier molecular flexibility index (Phi) is 6.67. The van der Waals surface area contributed by atoms with Crippen molar-refractivity contribution < 1.29 is 14.3 Å². The molecule has 156 valence electrons. The highest BCUT2D eigenvalue weighted by atomic mass is 35.5. The van der Waals surface area contributed by atoms with E-state index in [0.29, 0.717) is 55.1 Å². The van der Waals surface area contributed by atoms with Crippen molar-refractivity contribution in [2.24, 2.45) is 0 Å². The maximum atomic E-state index is 12.7. The lowest BCUT2D eigenvalue weighted by molar-refractivity contribution is -0.139. The predicted molar refractivity (Wildman–Crippen MR) is 116 cm³/mol. The van der Waals surface area contributed by atoms with Crippen LogP contribution in [0.1, 0.15) is 12.0 Å². The number of rotatable bonds is 6. The molecule has 0 aliphatic carbocycles. The Bertz CT molecular complexity index is 1020. The first kappa shape index (κ1) is 20.8. The Balaban J connectivity index is 1.33. The molecule has 0 bridgehead atoms. The van der Waals surface area contributed by atoms with Gasteiger partial charge in [0.2, 0.25) is 11.8 Å². The molecule has 1 saturated heterocycles. The molecule has 2 heterocycles. The molecule has 1 aliphatic rings. The van der Waals surface area contributed by atoms with Crippen LogP contribution in [0.25, 0.3) is 10.9 Å². The predicted octanol–water partition coefficient (Wildman–Crippen LogP) is 4.18. The minimum absolute atomic E-state index is 0.0479. The maximum Gasteiger partial charge on any atom is 0.224 e. The van der Waals surface area contributed by atoms with Gasteiger partial charge in [-0.05, 0) is 36.2 Å². The van der Waals surface area contributed by atoms with Crippen LogP contribution in [0.4, 0.5) is 0 Å². The quantitative estimate of drug-likeness (QED) is 0.569. The van der Waals surface area contributed by atoms with Crippen LogP contribution in [-0.4, -0.2) is 53.2 Å². The Labute approximate surface area is 184 Å². The smallest absolute Gasteiger partial charge is 0.224 e. The molecule has 1 atom stereocenters. The normalized spacial score (nSPS) is 16.6. The average Bonchev–Trinajstić information content (AvgIpc) is 2.77. The van der Waals surface area contributed by atoms with Gasteiger partial charge in [-0.1, -0.05) is 41.4 Å². The largest absolute Gasteiger partial charge is 0.474 e. The highest BCUT2D eigenvalue weighted by Gasteiger charge is 2.25. The molecule has 1 fully saturated rings. The first-order chi connectivity index (χ1) is 14.6. The second-order valence-corrected chi connectivity index (χ2v) is 7.85. The van der Waals surface area contributed by atoms with E-state index in [1.54, 1.807) is 23.1 Å². The minimum Gasteiger partial charge on any atom is -0.474 e. The van der Waals surface area contributed by atoms with E-state index in [-0.39, 0.29) is 12.0 Å². The number of carbonyl (C=O) groups excluding carboxylic acids is 1. The molecule has 1 unspecified atom stereocenters. The third kappa shape index (κ3) is 4.83. The summed E-state index contributed by atoms with van der Waals surface area (Å²) in [5, 5.41) is 2.02. The zero-order valence-electron chi connectivity index (χ0n) is 16.3. The summed E-state index contributed by atoms with van der Waals surface area (Å²) in [4.78, 5) is 23.0. The minimum atomic E-state index is -0.222. The first-order valence-electron chi connectivity index (χ1n) is 9.76. The summed E-state index contributed by atoms with van der Waals surface area (Å²) in [6.07, 6.45) is 2.10. The maximum absolute atomic E-state index is 12.7. The van der Waals surface area contributed by atoms with E-state index in [0.717, 1.165) is 16.5 Å². The van der Waals surface area contributed by atoms with Gasteiger partial charge in [0.1, 0.15) is 19.0 Å². The second-order valence-electron chi connectivity index (χ2n) is 7.04. The Morgan fingerprint density at radius 2 is 1.93 bits per heavy atom. The first-order valence-corrected chi connectivity index (χ1v) is 10.5. The standard InChI is InChI=1S/C22H21Cl2N3O3/c23-18-5-3-6-19(24)16(18)8-9-21(28)27-10-11-29-15(12-27)13-30-22-17-4-1-2-7-20(17)25-14-26-22/h1-7,14-15H,8-13H2. The number of halogens is 2. The lowest BCUT2D eigenvalue weighted by Crippen LogP contribution is -2.47. The van der Waals surface area contributed by atoms with Gasteiger partial charge >= 0.3 is 0 Å². The van der Waals surface area contributed by atoms with Crippen molar-refractivity contribution in [1.82, 2.24) is 14.9 Å². The molecule has 2 aromatic carbocycles. The van der Waals surface area contributed by atoms with E-state index in [1.807, 2.05) is 24.3 Å². The molecule has 6 nitrogen and oxygen atoms in total. The Morgan fingerprint density at radius 3 is 2.77 bits per heavy atom. The Hall–Kier alpha value is -2.41.